The minimum absolute atomic E-state index is 0.0794. The number of carboxylic acid groups (broad SMARTS) is 1. The van der Waals surface area contributed by atoms with Crippen molar-refractivity contribution in [3.63, 3.8) is 0 Å². The Balaban J connectivity index is 2.67. The SMILES string of the molecule is CCC(C(=O)O)S(=O)C1CCOC1C. The second kappa shape index (κ2) is 4.89. The third kappa shape index (κ3) is 2.33. The Hall–Kier alpha value is -0.420. The summed E-state index contributed by atoms with van der Waals surface area (Å²) in [6.07, 6.45) is 1.03. The molecule has 5 heteroatoms. The second-order valence-corrected chi connectivity index (χ2v) is 5.30. The minimum Gasteiger partial charge on any atom is -0.480 e. The van der Waals surface area contributed by atoms with Crippen LogP contribution in [0, 0.1) is 0 Å². The molecule has 0 amide bonds. The van der Waals surface area contributed by atoms with Gasteiger partial charge in [-0.15, -0.1) is 0 Å². The fourth-order valence-electron chi connectivity index (χ4n) is 1.67. The lowest BCUT2D eigenvalue weighted by molar-refractivity contribution is -0.136. The van der Waals surface area contributed by atoms with E-state index in [4.69, 9.17) is 9.84 Å². The average Bonchev–Trinajstić information content (AvgIpc) is 2.51. The highest BCUT2D eigenvalue weighted by Gasteiger charge is 2.36. The van der Waals surface area contributed by atoms with Crippen molar-refractivity contribution >= 4 is 16.8 Å². The van der Waals surface area contributed by atoms with E-state index in [1.54, 1.807) is 6.92 Å². The normalized spacial score (nSPS) is 31.3. The fourth-order valence-corrected chi connectivity index (χ4v) is 3.40. The van der Waals surface area contributed by atoms with E-state index in [1.807, 2.05) is 6.92 Å². The Morgan fingerprint density at radius 3 is 2.71 bits per heavy atom. The smallest absolute Gasteiger partial charge is 0.319 e. The molecule has 0 aromatic carbocycles. The number of hydrogen-bond acceptors (Lipinski definition) is 3. The molecule has 82 valence electrons. The van der Waals surface area contributed by atoms with Crippen molar-refractivity contribution in [3.8, 4) is 0 Å². The van der Waals surface area contributed by atoms with E-state index in [0.29, 0.717) is 19.4 Å². The van der Waals surface area contributed by atoms with Crippen molar-refractivity contribution in [2.24, 2.45) is 0 Å². The number of aliphatic carboxylic acids is 1. The lowest BCUT2D eigenvalue weighted by Gasteiger charge is -2.17. The Bertz CT molecular complexity index is 241. The third-order valence-electron chi connectivity index (χ3n) is 2.53. The monoisotopic (exact) mass is 220 g/mol. The maximum Gasteiger partial charge on any atom is 0.319 e. The van der Waals surface area contributed by atoms with Gasteiger partial charge in [-0.05, 0) is 19.8 Å². The number of hydrogen-bond donors (Lipinski definition) is 1. The molecule has 0 aliphatic carbocycles. The molecule has 0 spiro atoms. The molecule has 1 aliphatic heterocycles. The lowest BCUT2D eigenvalue weighted by Crippen LogP contribution is -2.35. The van der Waals surface area contributed by atoms with Crippen LogP contribution >= 0.6 is 0 Å². The molecule has 1 fully saturated rings. The predicted octanol–water partition coefficient (Wildman–Crippen LogP) is 0.776. The van der Waals surface area contributed by atoms with E-state index in [0.717, 1.165) is 0 Å². The summed E-state index contributed by atoms with van der Waals surface area (Å²) in [6, 6.07) is 0. The highest BCUT2D eigenvalue weighted by Crippen LogP contribution is 2.22. The second-order valence-electron chi connectivity index (χ2n) is 3.47. The molecule has 1 N–H and O–H groups in total. The van der Waals surface area contributed by atoms with Crippen LogP contribution in [-0.2, 0) is 20.3 Å². The van der Waals surface area contributed by atoms with Crippen LogP contribution in [0.25, 0.3) is 0 Å². The first kappa shape index (κ1) is 11.7. The van der Waals surface area contributed by atoms with Crippen LogP contribution in [0.15, 0.2) is 0 Å². The van der Waals surface area contributed by atoms with Crippen molar-refractivity contribution in [1.29, 1.82) is 0 Å². The van der Waals surface area contributed by atoms with Gasteiger partial charge in [0, 0.05) is 17.4 Å². The van der Waals surface area contributed by atoms with Crippen molar-refractivity contribution in [2.75, 3.05) is 6.61 Å². The van der Waals surface area contributed by atoms with Gasteiger partial charge in [-0.25, -0.2) is 0 Å². The standard InChI is InChI=1S/C9H16O4S/c1-3-7(9(10)11)14(12)8-4-5-13-6(8)2/h6-8H,3-5H2,1-2H3,(H,10,11). The van der Waals surface area contributed by atoms with Crippen LogP contribution in [-0.4, -0.2) is 38.5 Å². The number of rotatable bonds is 4. The fraction of sp³-hybridized carbons (Fsp3) is 0.889. The molecule has 0 bridgehead atoms. The zero-order chi connectivity index (χ0) is 10.7. The first-order chi connectivity index (χ1) is 6.57. The first-order valence-electron chi connectivity index (χ1n) is 4.81. The molecule has 1 saturated heterocycles. The molecule has 0 saturated carbocycles. The van der Waals surface area contributed by atoms with Gasteiger partial charge in [0.15, 0.2) is 0 Å². The van der Waals surface area contributed by atoms with E-state index >= 15 is 0 Å². The van der Waals surface area contributed by atoms with Crippen LogP contribution in [0.2, 0.25) is 0 Å². The number of ether oxygens (including phenoxy) is 1. The summed E-state index contributed by atoms with van der Waals surface area (Å²) < 4.78 is 17.2. The van der Waals surface area contributed by atoms with Gasteiger partial charge in [-0.2, -0.15) is 0 Å². The molecule has 4 atom stereocenters. The molecule has 1 rings (SSSR count). The van der Waals surface area contributed by atoms with Crippen molar-refractivity contribution in [1.82, 2.24) is 0 Å². The van der Waals surface area contributed by atoms with Crippen LogP contribution < -0.4 is 0 Å². The van der Waals surface area contributed by atoms with Gasteiger partial charge >= 0.3 is 5.97 Å². The molecule has 0 aromatic heterocycles. The summed E-state index contributed by atoms with van der Waals surface area (Å²) in [5.41, 5.74) is 0. The Labute approximate surface area is 86.1 Å². The highest BCUT2D eigenvalue weighted by molar-refractivity contribution is 7.87. The van der Waals surface area contributed by atoms with Gasteiger partial charge < -0.3 is 9.84 Å². The topological polar surface area (TPSA) is 63.6 Å². The molecule has 1 aliphatic rings. The summed E-state index contributed by atoms with van der Waals surface area (Å²) in [6.45, 7) is 4.19. The molecule has 1 heterocycles. The molecule has 14 heavy (non-hydrogen) atoms. The van der Waals surface area contributed by atoms with E-state index in [-0.39, 0.29) is 11.4 Å². The average molecular weight is 220 g/mol. The van der Waals surface area contributed by atoms with E-state index < -0.39 is 22.0 Å². The maximum absolute atomic E-state index is 11.9. The van der Waals surface area contributed by atoms with Crippen molar-refractivity contribution in [3.05, 3.63) is 0 Å². The quantitative estimate of drug-likeness (QED) is 0.760. The maximum atomic E-state index is 11.9. The van der Waals surface area contributed by atoms with Crippen LogP contribution in [0.5, 0.6) is 0 Å². The predicted molar refractivity (Wildman–Crippen MR) is 53.7 cm³/mol. The van der Waals surface area contributed by atoms with Crippen LogP contribution in [0.4, 0.5) is 0 Å². The Morgan fingerprint density at radius 1 is 1.71 bits per heavy atom. The molecule has 4 unspecified atom stereocenters. The summed E-state index contributed by atoms with van der Waals surface area (Å²) in [7, 11) is -1.32. The van der Waals surface area contributed by atoms with Gasteiger partial charge in [0.2, 0.25) is 0 Å². The highest BCUT2D eigenvalue weighted by atomic mass is 32.2. The zero-order valence-electron chi connectivity index (χ0n) is 8.43. The Kier molecular flexibility index (Phi) is 4.07. The molecule has 0 aromatic rings. The van der Waals surface area contributed by atoms with Gasteiger partial charge in [-0.1, -0.05) is 6.92 Å². The first-order valence-corrected chi connectivity index (χ1v) is 6.09. The van der Waals surface area contributed by atoms with Crippen molar-refractivity contribution in [2.45, 2.75) is 43.3 Å². The summed E-state index contributed by atoms with van der Waals surface area (Å²) in [5, 5.41) is 8.00. The number of carbonyl (C=O) groups is 1. The summed E-state index contributed by atoms with van der Waals surface area (Å²) in [5.74, 6) is -0.968. The van der Waals surface area contributed by atoms with E-state index in [9.17, 15) is 9.00 Å². The molecular formula is C9H16O4S. The van der Waals surface area contributed by atoms with E-state index in [2.05, 4.69) is 0 Å². The lowest BCUT2D eigenvalue weighted by atomic mass is 10.2. The van der Waals surface area contributed by atoms with Crippen LogP contribution in [0.3, 0.4) is 0 Å². The molecule has 4 nitrogen and oxygen atoms in total. The van der Waals surface area contributed by atoms with Crippen molar-refractivity contribution < 1.29 is 18.8 Å². The summed E-state index contributed by atoms with van der Waals surface area (Å²) >= 11 is 0. The third-order valence-corrected chi connectivity index (χ3v) is 4.84. The van der Waals surface area contributed by atoms with E-state index in [1.165, 1.54) is 0 Å². The molecular weight excluding hydrogens is 204 g/mol. The Morgan fingerprint density at radius 2 is 2.36 bits per heavy atom. The summed E-state index contributed by atoms with van der Waals surface area (Å²) in [4.78, 5) is 10.8. The van der Waals surface area contributed by atoms with Gasteiger partial charge in [0.25, 0.3) is 0 Å². The molecule has 0 radical (unpaired) electrons. The minimum atomic E-state index is -1.32. The number of carboxylic acids is 1. The van der Waals surface area contributed by atoms with Gasteiger partial charge in [-0.3, -0.25) is 9.00 Å². The zero-order valence-corrected chi connectivity index (χ0v) is 9.25. The van der Waals surface area contributed by atoms with Crippen LogP contribution in [0.1, 0.15) is 26.7 Å². The van der Waals surface area contributed by atoms with Gasteiger partial charge in [0.1, 0.15) is 5.25 Å². The largest absolute Gasteiger partial charge is 0.480 e. The van der Waals surface area contributed by atoms with Gasteiger partial charge in [0.05, 0.1) is 11.4 Å².